The number of hydrogen-bond acceptors (Lipinski definition) is 7. The van der Waals surface area contributed by atoms with Crippen LogP contribution in [0.15, 0.2) is 84.7 Å². The molecule has 0 spiro atoms. The number of benzene rings is 2. The van der Waals surface area contributed by atoms with E-state index in [2.05, 4.69) is 9.88 Å². The number of ether oxygens (including phenoxy) is 2. The van der Waals surface area contributed by atoms with Gasteiger partial charge in [-0.3, -0.25) is 19.5 Å². The summed E-state index contributed by atoms with van der Waals surface area (Å²) in [5.41, 5.74) is 2.22. The maximum Gasteiger partial charge on any atom is 0.295 e. The van der Waals surface area contributed by atoms with Gasteiger partial charge in [-0.2, -0.15) is 0 Å². The highest BCUT2D eigenvalue weighted by Crippen LogP contribution is 2.39. The van der Waals surface area contributed by atoms with Crippen molar-refractivity contribution in [3.8, 4) is 5.75 Å². The quantitative estimate of drug-likeness (QED) is 0.288. The van der Waals surface area contributed by atoms with E-state index < -0.39 is 17.7 Å². The highest BCUT2D eigenvalue weighted by atomic mass is 16.5. The van der Waals surface area contributed by atoms with Crippen LogP contribution in [0, 0.1) is 0 Å². The molecule has 0 radical (unpaired) electrons. The summed E-state index contributed by atoms with van der Waals surface area (Å²) in [6.07, 6.45) is 3.27. The smallest absolute Gasteiger partial charge is 0.295 e. The average molecular weight is 500 g/mol. The molecule has 8 nitrogen and oxygen atoms in total. The van der Waals surface area contributed by atoms with E-state index in [-0.39, 0.29) is 11.3 Å². The van der Waals surface area contributed by atoms with Crippen LogP contribution < -0.4 is 4.74 Å². The summed E-state index contributed by atoms with van der Waals surface area (Å²) in [4.78, 5) is 34.3. The number of nitrogens with zero attached hydrogens (tertiary/aromatic N) is 3. The number of aliphatic hydroxyl groups is 1. The fourth-order valence-corrected chi connectivity index (χ4v) is 4.67. The van der Waals surface area contributed by atoms with Crippen molar-refractivity contribution < 1.29 is 24.2 Å². The van der Waals surface area contributed by atoms with E-state index in [0.717, 1.165) is 18.7 Å². The molecule has 1 aromatic heterocycles. The molecule has 2 saturated heterocycles. The number of morpholine rings is 1. The summed E-state index contributed by atoms with van der Waals surface area (Å²) in [7, 11) is 0. The molecule has 190 valence electrons. The van der Waals surface area contributed by atoms with Crippen LogP contribution in [-0.2, 0) is 20.9 Å². The van der Waals surface area contributed by atoms with Gasteiger partial charge >= 0.3 is 0 Å². The molecule has 2 fully saturated rings. The number of carbonyl (C=O) groups is 2. The van der Waals surface area contributed by atoms with Crippen LogP contribution in [0.5, 0.6) is 5.75 Å². The Morgan fingerprint density at radius 3 is 2.43 bits per heavy atom. The second-order valence-electron chi connectivity index (χ2n) is 9.03. The molecule has 0 saturated carbocycles. The van der Waals surface area contributed by atoms with E-state index >= 15 is 0 Å². The Morgan fingerprint density at radius 1 is 0.973 bits per heavy atom. The van der Waals surface area contributed by atoms with E-state index in [4.69, 9.17) is 9.47 Å². The van der Waals surface area contributed by atoms with E-state index in [1.165, 1.54) is 4.90 Å². The van der Waals surface area contributed by atoms with E-state index in [1.807, 2.05) is 36.4 Å². The molecule has 2 aliphatic heterocycles. The van der Waals surface area contributed by atoms with Gasteiger partial charge in [0.05, 0.1) is 24.8 Å². The molecule has 37 heavy (non-hydrogen) atoms. The minimum absolute atomic E-state index is 0.0675. The Labute approximate surface area is 215 Å². The summed E-state index contributed by atoms with van der Waals surface area (Å²) in [6.45, 7) is 4.24. The van der Waals surface area contributed by atoms with Crippen molar-refractivity contribution in [3.63, 3.8) is 0 Å². The zero-order valence-corrected chi connectivity index (χ0v) is 20.5. The standard InChI is InChI=1S/C29H29N3O5/c33-27(22-8-10-24(11-9-22)37-20-21-5-2-1-3-6-21)25-26(23-7-4-12-30-19-23)32(29(35)28(25)34)14-13-31-15-17-36-18-16-31/h1-12,19,26,33H,13-18,20H2/t26-/m0/s1. The second kappa shape index (κ2) is 11.4. The van der Waals surface area contributed by atoms with Gasteiger partial charge < -0.3 is 19.5 Å². The van der Waals surface area contributed by atoms with Crippen molar-refractivity contribution >= 4 is 17.4 Å². The molecule has 0 unspecified atom stereocenters. The zero-order chi connectivity index (χ0) is 25.6. The number of rotatable bonds is 8. The lowest BCUT2D eigenvalue weighted by Crippen LogP contribution is -2.42. The number of carbonyl (C=O) groups excluding carboxylic acids is 2. The lowest BCUT2D eigenvalue weighted by atomic mass is 9.96. The van der Waals surface area contributed by atoms with Gasteiger partial charge in [-0.25, -0.2) is 0 Å². The molecule has 5 rings (SSSR count). The maximum absolute atomic E-state index is 13.2. The first-order valence-electron chi connectivity index (χ1n) is 12.4. The Morgan fingerprint density at radius 2 is 1.73 bits per heavy atom. The molecule has 1 amide bonds. The largest absolute Gasteiger partial charge is 0.507 e. The van der Waals surface area contributed by atoms with Crippen LogP contribution in [0.2, 0.25) is 0 Å². The van der Waals surface area contributed by atoms with Gasteiger partial charge in [0, 0.05) is 44.1 Å². The first-order valence-corrected chi connectivity index (χ1v) is 12.4. The van der Waals surface area contributed by atoms with Gasteiger partial charge in [0.1, 0.15) is 18.1 Å². The highest BCUT2D eigenvalue weighted by Gasteiger charge is 2.46. The number of likely N-dealkylation sites (tertiary alicyclic amines) is 1. The van der Waals surface area contributed by atoms with Crippen molar-refractivity contribution in [2.45, 2.75) is 12.6 Å². The first kappa shape index (κ1) is 24.7. The fraction of sp³-hybridized carbons (Fsp3) is 0.276. The van der Waals surface area contributed by atoms with Crippen LogP contribution in [0.4, 0.5) is 0 Å². The first-order chi connectivity index (χ1) is 18.1. The monoisotopic (exact) mass is 499 g/mol. The molecule has 2 aliphatic rings. The Hall–Kier alpha value is -4.01. The molecule has 0 aliphatic carbocycles. The fourth-order valence-electron chi connectivity index (χ4n) is 4.67. The molecule has 3 aromatic rings. The topological polar surface area (TPSA) is 92.2 Å². The van der Waals surface area contributed by atoms with Crippen molar-refractivity contribution in [2.24, 2.45) is 0 Å². The van der Waals surface area contributed by atoms with Gasteiger partial charge in [-0.05, 0) is 41.5 Å². The van der Waals surface area contributed by atoms with E-state index in [0.29, 0.717) is 49.8 Å². The number of ketones is 1. The van der Waals surface area contributed by atoms with Crippen LogP contribution in [-0.4, -0.2) is 71.0 Å². The van der Waals surface area contributed by atoms with Gasteiger partial charge in [0.15, 0.2) is 0 Å². The lowest BCUT2D eigenvalue weighted by molar-refractivity contribution is -0.140. The maximum atomic E-state index is 13.2. The number of pyridine rings is 1. The molecular weight excluding hydrogens is 470 g/mol. The molecular formula is C29H29N3O5. The molecule has 0 bridgehead atoms. The van der Waals surface area contributed by atoms with E-state index in [9.17, 15) is 14.7 Å². The summed E-state index contributed by atoms with van der Waals surface area (Å²) in [5.74, 6) is -0.893. The molecule has 8 heteroatoms. The minimum atomic E-state index is -0.719. The van der Waals surface area contributed by atoms with Crippen LogP contribution in [0.3, 0.4) is 0 Å². The Bertz CT molecular complexity index is 1260. The number of aromatic nitrogens is 1. The number of Topliss-reactive ketones (excluding diaryl/α,β-unsaturated/α-hetero) is 1. The number of aliphatic hydroxyl groups excluding tert-OH is 1. The molecule has 3 heterocycles. The van der Waals surface area contributed by atoms with Gasteiger partial charge in [-0.15, -0.1) is 0 Å². The summed E-state index contributed by atoms with van der Waals surface area (Å²) in [6, 6.07) is 19.5. The molecule has 1 atom stereocenters. The number of hydrogen-bond donors (Lipinski definition) is 1. The summed E-state index contributed by atoms with van der Waals surface area (Å²) >= 11 is 0. The lowest BCUT2D eigenvalue weighted by Gasteiger charge is -2.30. The predicted octanol–water partition coefficient (Wildman–Crippen LogP) is 3.41. The third-order valence-corrected chi connectivity index (χ3v) is 6.68. The molecule has 1 N–H and O–H groups in total. The van der Waals surface area contributed by atoms with Gasteiger partial charge in [0.25, 0.3) is 11.7 Å². The second-order valence-corrected chi connectivity index (χ2v) is 9.03. The SMILES string of the molecule is O=C1C(=O)N(CCN2CCOCC2)[C@@H](c2cccnc2)C1=C(O)c1ccc(OCc2ccccc2)cc1. The molecule has 2 aromatic carbocycles. The third kappa shape index (κ3) is 5.55. The Kier molecular flexibility index (Phi) is 7.58. The average Bonchev–Trinajstić information content (AvgIpc) is 3.21. The van der Waals surface area contributed by atoms with Crippen molar-refractivity contribution in [3.05, 3.63) is 101 Å². The van der Waals surface area contributed by atoms with Crippen molar-refractivity contribution in [1.29, 1.82) is 0 Å². The third-order valence-electron chi connectivity index (χ3n) is 6.68. The minimum Gasteiger partial charge on any atom is -0.507 e. The summed E-state index contributed by atoms with van der Waals surface area (Å²) < 4.78 is 11.2. The predicted molar refractivity (Wildman–Crippen MR) is 138 cm³/mol. The van der Waals surface area contributed by atoms with E-state index in [1.54, 1.807) is 42.7 Å². The highest BCUT2D eigenvalue weighted by molar-refractivity contribution is 6.46. The zero-order valence-electron chi connectivity index (χ0n) is 20.5. The normalized spacial score (nSPS) is 19.8. The summed E-state index contributed by atoms with van der Waals surface area (Å²) in [5, 5.41) is 11.3. The number of amides is 1. The van der Waals surface area contributed by atoms with Gasteiger partial charge in [-0.1, -0.05) is 36.4 Å². The van der Waals surface area contributed by atoms with Crippen LogP contribution >= 0.6 is 0 Å². The van der Waals surface area contributed by atoms with Crippen molar-refractivity contribution in [2.75, 3.05) is 39.4 Å². The van der Waals surface area contributed by atoms with Gasteiger partial charge in [0.2, 0.25) is 0 Å². The van der Waals surface area contributed by atoms with Crippen molar-refractivity contribution in [1.82, 2.24) is 14.8 Å². The Balaban J connectivity index is 1.40. The van der Waals surface area contributed by atoms with Crippen LogP contribution in [0.1, 0.15) is 22.7 Å². The van der Waals surface area contributed by atoms with Crippen LogP contribution in [0.25, 0.3) is 5.76 Å².